The molecule has 1 aromatic heterocycles. The van der Waals surface area contributed by atoms with Crippen LogP contribution in [0.3, 0.4) is 0 Å². The van der Waals surface area contributed by atoms with Crippen LogP contribution in [0.4, 0.5) is 4.39 Å². The van der Waals surface area contributed by atoms with Gasteiger partial charge in [0.05, 0.1) is 11.0 Å². The first-order valence-corrected chi connectivity index (χ1v) is 6.57. The smallest absolute Gasteiger partial charge is 0.256 e. The lowest BCUT2D eigenvalue weighted by Crippen LogP contribution is -2.08. The summed E-state index contributed by atoms with van der Waals surface area (Å²) in [6, 6.07) is 13.5. The van der Waals surface area contributed by atoms with Crippen molar-refractivity contribution in [3.63, 3.8) is 0 Å². The fourth-order valence-electron chi connectivity index (χ4n) is 2.24. The zero-order valence-electron chi connectivity index (χ0n) is 11.5. The number of imidazole rings is 1. The quantitative estimate of drug-likeness (QED) is 0.668. The van der Waals surface area contributed by atoms with Gasteiger partial charge in [0.15, 0.2) is 0 Å². The zero-order valence-corrected chi connectivity index (χ0v) is 11.5. The lowest BCUT2D eigenvalue weighted by atomic mass is 10.2. The van der Waals surface area contributed by atoms with Crippen LogP contribution in [0.1, 0.15) is 16.2 Å². The summed E-state index contributed by atoms with van der Waals surface area (Å²) >= 11 is 0. The van der Waals surface area contributed by atoms with Gasteiger partial charge in [0, 0.05) is 6.08 Å². The highest BCUT2D eigenvalue weighted by Crippen LogP contribution is 2.15. The number of aryl methyl sites for hydroxylation is 1. The van der Waals surface area contributed by atoms with Crippen LogP contribution in [0.25, 0.3) is 17.1 Å². The molecule has 0 aliphatic carbocycles. The summed E-state index contributed by atoms with van der Waals surface area (Å²) in [6.45, 7) is 1.80. The van der Waals surface area contributed by atoms with Gasteiger partial charge in [-0.05, 0) is 42.8 Å². The fraction of sp³-hybridized carbons (Fsp3) is 0.0588. The highest BCUT2D eigenvalue weighted by Gasteiger charge is 2.10. The van der Waals surface area contributed by atoms with E-state index in [-0.39, 0.29) is 11.7 Å². The van der Waals surface area contributed by atoms with E-state index in [1.54, 1.807) is 29.7 Å². The van der Waals surface area contributed by atoms with E-state index in [1.807, 2.05) is 24.3 Å². The van der Waals surface area contributed by atoms with Crippen molar-refractivity contribution in [1.29, 1.82) is 0 Å². The van der Waals surface area contributed by atoms with Gasteiger partial charge in [-0.2, -0.15) is 0 Å². The number of carbonyl (C=O) groups is 1. The van der Waals surface area contributed by atoms with Crippen molar-refractivity contribution in [3.8, 4) is 0 Å². The minimum Gasteiger partial charge on any atom is -0.269 e. The van der Waals surface area contributed by atoms with Crippen LogP contribution in [0, 0.1) is 12.7 Å². The van der Waals surface area contributed by atoms with Crippen molar-refractivity contribution >= 4 is 23.0 Å². The molecule has 3 aromatic rings. The molecule has 0 radical (unpaired) electrons. The molecule has 0 aliphatic rings. The Morgan fingerprint density at radius 1 is 1.14 bits per heavy atom. The average molecular weight is 280 g/mol. The third-order valence-corrected chi connectivity index (χ3v) is 3.24. The van der Waals surface area contributed by atoms with Crippen molar-refractivity contribution < 1.29 is 9.18 Å². The van der Waals surface area contributed by atoms with E-state index in [0.29, 0.717) is 5.82 Å². The minimum atomic E-state index is -0.296. The second-order valence-electron chi connectivity index (χ2n) is 4.71. The Morgan fingerprint density at radius 2 is 1.86 bits per heavy atom. The molecular formula is C17H13FN2O. The average Bonchev–Trinajstić information content (AvgIpc) is 2.82. The van der Waals surface area contributed by atoms with Gasteiger partial charge < -0.3 is 0 Å². The molecule has 104 valence electrons. The lowest BCUT2D eigenvalue weighted by molar-refractivity contribution is 0.0972. The third-order valence-electron chi connectivity index (χ3n) is 3.24. The number of halogens is 1. The maximum Gasteiger partial charge on any atom is 0.256 e. The van der Waals surface area contributed by atoms with Crippen LogP contribution in [0.2, 0.25) is 0 Å². The van der Waals surface area contributed by atoms with Crippen LogP contribution in [-0.4, -0.2) is 15.5 Å². The van der Waals surface area contributed by atoms with Crippen LogP contribution < -0.4 is 0 Å². The summed E-state index contributed by atoms with van der Waals surface area (Å²) < 4.78 is 14.4. The third kappa shape index (κ3) is 2.60. The normalized spacial score (nSPS) is 11.3. The fourth-order valence-corrected chi connectivity index (χ4v) is 2.24. The van der Waals surface area contributed by atoms with Gasteiger partial charge >= 0.3 is 0 Å². The Kier molecular flexibility index (Phi) is 3.36. The van der Waals surface area contributed by atoms with E-state index in [9.17, 15) is 9.18 Å². The van der Waals surface area contributed by atoms with E-state index in [0.717, 1.165) is 16.6 Å². The molecule has 0 atom stereocenters. The first-order valence-electron chi connectivity index (χ1n) is 6.57. The molecule has 21 heavy (non-hydrogen) atoms. The summed E-state index contributed by atoms with van der Waals surface area (Å²) in [5.74, 6) is 0.172. The number of hydrogen-bond donors (Lipinski definition) is 0. The molecule has 0 amide bonds. The van der Waals surface area contributed by atoms with Crippen molar-refractivity contribution in [3.05, 3.63) is 71.8 Å². The Balaban J connectivity index is 1.94. The minimum absolute atomic E-state index is 0.175. The number of nitrogens with zero attached hydrogens (tertiary/aromatic N) is 2. The van der Waals surface area contributed by atoms with Crippen LogP contribution >= 0.6 is 0 Å². The Hall–Kier alpha value is -2.75. The second kappa shape index (κ2) is 5.32. The molecule has 0 spiro atoms. The van der Waals surface area contributed by atoms with E-state index in [4.69, 9.17) is 0 Å². The molecule has 3 rings (SSSR count). The molecule has 0 saturated heterocycles. The molecule has 0 bridgehead atoms. The molecule has 0 unspecified atom stereocenters. The van der Waals surface area contributed by atoms with Gasteiger partial charge in [0.2, 0.25) is 0 Å². The van der Waals surface area contributed by atoms with Crippen LogP contribution in [0.15, 0.2) is 54.6 Å². The Bertz CT molecular complexity index is 832. The zero-order chi connectivity index (χ0) is 14.8. The van der Waals surface area contributed by atoms with E-state index in [1.165, 1.54) is 18.2 Å². The Morgan fingerprint density at radius 3 is 2.62 bits per heavy atom. The lowest BCUT2D eigenvalue weighted by Gasteiger charge is -2.01. The summed E-state index contributed by atoms with van der Waals surface area (Å²) in [4.78, 5) is 16.7. The van der Waals surface area contributed by atoms with E-state index in [2.05, 4.69) is 4.98 Å². The van der Waals surface area contributed by atoms with E-state index < -0.39 is 0 Å². The van der Waals surface area contributed by atoms with Gasteiger partial charge in [0.1, 0.15) is 11.6 Å². The number of benzene rings is 2. The monoisotopic (exact) mass is 280 g/mol. The van der Waals surface area contributed by atoms with Crippen molar-refractivity contribution in [2.24, 2.45) is 0 Å². The highest BCUT2D eigenvalue weighted by atomic mass is 19.1. The first kappa shape index (κ1) is 13.2. The largest absolute Gasteiger partial charge is 0.269 e. The maximum absolute atomic E-state index is 12.8. The molecule has 0 aliphatic heterocycles. The number of carbonyl (C=O) groups excluding carboxylic acids is 1. The highest BCUT2D eigenvalue weighted by molar-refractivity contribution is 5.99. The summed E-state index contributed by atoms with van der Waals surface area (Å²) in [5, 5.41) is 0. The number of aromatic nitrogens is 2. The SMILES string of the molecule is Cc1nc2ccccc2n1C(=O)/C=C/c1ccc(F)cc1. The van der Waals surface area contributed by atoms with Gasteiger partial charge in [-0.25, -0.2) is 9.37 Å². The molecule has 1 heterocycles. The molecule has 3 nitrogen and oxygen atoms in total. The summed E-state index contributed by atoms with van der Waals surface area (Å²) in [5.41, 5.74) is 2.34. The molecule has 0 fully saturated rings. The molecular weight excluding hydrogens is 267 g/mol. The first-order chi connectivity index (χ1) is 10.1. The standard InChI is InChI=1S/C17H13FN2O/c1-12-19-15-4-2-3-5-16(15)20(12)17(21)11-8-13-6-9-14(18)10-7-13/h2-11H,1H3/b11-8+. The van der Waals surface area contributed by atoms with Gasteiger partial charge in [-0.15, -0.1) is 0 Å². The summed E-state index contributed by atoms with van der Waals surface area (Å²) in [7, 11) is 0. The van der Waals surface area contributed by atoms with Crippen LogP contribution in [0.5, 0.6) is 0 Å². The van der Waals surface area contributed by atoms with E-state index >= 15 is 0 Å². The number of para-hydroxylation sites is 2. The van der Waals surface area contributed by atoms with Crippen molar-refractivity contribution in [2.45, 2.75) is 6.92 Å². The van der Waals surface area contributed by atoms with Crippen molar-refractivity contribution in [1.82, 2.24) is 9.55 Å². The predicted octanol–water partition coefficient (Wildman–Crippen LogP) is 3.84. The van der Waals surface area contributed by atoms with Gasteiger partial charge in [0.25, 0.3) is 5.91 Å². The van der Waals surface area contributed by atoms with Gasteiger partial charge in [-0.3, -0.25) is 9.36 Å². The Labute approximate surface area is 121 Å². The number of hydrogen-bond acceptors (Lipinski definition) is 2. The molecule has 0 N–H and O–H groups in total. The number of rotatable bonds is 2. The number of allylic oxidation sites excluding steroid dienone is 1. The summed E-state index contributed by atoms with van der Waals surface area (Å²) in [6.07, 6.45) is 3.13. The molecule has 2 aromatic carbocycles. The number of fused-ring (bicyclic) bond motifs is 1. The second-order valence-corrected chi connectivity index (χ2v) is 4.71. The van der Waals surface area contributed by atoms with Gasteiger partial charge in [-0.1, -0.05) is 24.3 Å². The molecule has 4 heteroatoms. The van der Waals surface area contributed by atoms with Crippen molar-refractivity contribution in [2.75, 3.05) is 0 Å². The molecule has 0 saturated carbocycles. The predicted molar refractivity (Wildman–Crippen MR) is 80.5 cm³/mol. The maximum atomic E-state index is 12.8. The van der Waals surface area contributed by atoms with Crippen LogP contribution in [-0.2, 0) is 0 Å². The topological polar surface area (TPSA) is 34.9 Å².